The molecule has 0 bridgehead atoms. The minimum atomic E-state index is -0.702. The fourth-order valence-corrected chi connectivity index (χ4v) is 3.20. The van der Waals surface area contributed by atoms with Gasteiger partial charge >= 0.3 is 11.8 Å². The molecular formula is C18H29N4O3+. The van der Waals surface area contributed by atoms with Crippen LogP contribution in [0, 0.1) is 0 Å². The van der Waals surface area contributed by atoms with Gasteiger partial charge in [-0.3, -0.25) is 9.59 Å². The number of hydrogen-bond acceptors (Lipinski definition) is 4. The minimum Gasteiger partial charge on any atom is -0.395 e. The van der Waals surface area contributed by atoms with E-state index < -0.39 is 11.8 Å². The first-order valence-electron chi connectivity index (χ1n) is 8.81. The molecule has 2 amide bonds. The van der Waals surface area contributed by atoms with Gasteiger partial charge in [0.05, 0.1) is 26.2 Å². The van der Waals surface area contributed by atoms with Crippen LogP contribution in [-0.2, 0) is 9.59 Å². The van der Waals surface area contributed by atoms with E-state index in [1.807, 2.05) is 14.1 Å². The Morgan fingerprint density at radius 3 is 2.28 bits per heavy atom. The molecule has 1 aliphatic rings. The zero-order valence-corrected chi connectivity index (χ0v) is 15.0. The van der Waals surface area contributed by atoms with Crippen molar-refractivity contribution in [2.24, 2.45) is 0 Å². The summed E-state index contributed by atoms with van der Waals surface area (Å²) in [6, 6.07) is 8.49. The first-order chi connectivity index (χ1) is 12.0. The van der Waals surface area contributed by atoms with Gasteiger partial charge in [0.25, 0.3) is 0 Å². The molecule has 1 aromatic rings. The maximum atomic E-state index is 11.9. The van der Waals surface area contributed by atoms with Crippen molar-refractivity contribution < 1.29 is 19.6 Å². The summed E-state index contributed by atoms with van der Waals surface area (Å²) in [4.78, 5) is 27.1. The molecule has 138 valence electrons. The van der Waals surface area contributed by atoms with E-state index in [1.54, 1.807) is 0 Å². The molecule has 25 heavy (non-hydrogen) atoms. The molecule has 7 nitrogen and oxygen atoms in total. The Hall–Kier alpha value is -2.12. The van der Waals surface area contributed by atoms with Crippen molar-refractivity contribution in [1.82, 2.24) is 10.6 Å². The van der Waals surface area contributed by atoms with Crippen LogP contribution in [0.15, 0.2) is 24.3 Å². The molecule has 0 aromatic heterocycles. The van der Waals surface area contributed by atoms with Crippen LogP contribution in [0.25, 0.3) is 0 Å². The van der Waals surface area contributed by atoms with E-state index in [0.717, 1.165) is 18.8 Å². The number of nitrogens with one attached hydrogen (secondary N) is 3. The molecule has 0 unspecified atom stereocenters. The fourth-order valence-electron chi connectivity index (χ4n) is 3.20. The minimum absolute atomic E-state index is 0.0824. The third-order valence-electron chi connectivity index (χ3n) is 4.62. The number of aliphatic hydroxyl groups is 1. The number of carbonyl (C=O) groups excluding carboxylic acids is 2. The summed E-state index contributed by atoms with van der Waals surface area (Å²) in [5.41, 5.74) is 2.30. The summed E-state index contributed by atoms with van der Waals surface area (Å²) < 4.78 is 0. The normalized spacial score (nSPS) is 15.6. The third-order valence-corrected chi connectivity index (χ3v) is 4.62. The van der Waals surface area contributed by atoms with E-state index in [2.05, 4.69) is 39.8 Å². The average molecular weight is 349 g/mol. The lowest BCUT2D eigenvalue weighted by Crippen LogP contribution is -3.11. The molecule has 0 spiro atoms. The van der Waals surface area contributed by atoms with Crippen LogP contribution in [-0.4, -0.2) is 63.8 Å². The molecular weight excluding hydrogens is 320 g/mol. The van der Waals surface area contributed by atoms with E-state index >= 15 is 0 Å². The Labute approximate surface area is 149 Å². The number of amides is 2. The average Bonchev–Trinajstić information content (AvgIpc) is 3.14. The van der Waals surface area contributed by atoms with Gasteiger partial charge in [-0.05, 0) is 12.1 Å². The topological polar surface area (TPSA) is 86.1 Å². The fraction of sp³-hybridized carbons (Fsp3) is 0.556. The largest absolute Gasteiger partial charge is 0.395 e. The lowest BCUT2D eigenvalue weighted by atomic mass is 10.0. The number of carbonyl (C=O) groups is 2. The Morgan fingerprint density at radius 1 is 1.12 bits per heavy atom. The van der Waals surface area contributed by atoms with E-state index in [9.17, 15) is 9.59 Å². The van der Waals surface area contributed by atoms with Crippen LogP contribution < -0.4 is 20.4 Å². The van der Waals surface area contributed by atoms with Gasteiger partial charge in [0.2, 0.25) is 0 Å². The highest BCUT2D eigenvalue weighted by atomic mass is 16.3. The summed E-state index contributed by atoms with van der Waals surface area (Å²) in [5.74, 6) is -1.35. The Balaban J connectivity index is 2.03. The summed E-state index contributed by atoms with van der Waals surface area (Å²) in [7, 11) is 4.01. The van der Waals surface area contributed by atoms with E-state index in [0.29, 0.717) is 6.54 Å². The third kappa shape index (κ3) is 5.44. The van der Waals surface area contributed by atoms with Crippen molar-refractivity contribution in [3.63, 3.8) is 0 Å². The smallest absolute Gasteiger partial charge is 0.309 e. The van der Waals surface area contributed by atoms with Crippen molar-refractivity contribution in [3.05, 3.63) is 29.8 Å². The van der Waals surface area contributed by atoms with Crippen molar-refractivity contribution >= 4 is 17.5 Å². The Morgan fingerprint density at radius 2 is 1.72 bits per heavy atom. The molecule has 0 aliphatic carbocycles. The number of benzene rings is 1. The van der Waals surface area contributed by atoms with Crippen LogP contribution in [0.5, 0.6) is 0 Å². The van der Waals surface area contributed by atoms with Gasteiger partial charge < -0.3 is 25.5 Å². The predicted molar refractivity (Wildman–Crippen MR) is 96.5 cm³/mol. The number of likely N-dealkylation sites (tertiary alicyclic amines) is 1. The second-order valence-electron chi connectivity index (χ2n) is 6.59. The van der Waals surface area contributed by atoms with Crippen LogP contribution >= 0.6 is 0 Å². The Kier molecular flexibility index (Phi) is 7.21. The molecule has 1 aliphatic heterocycles. The van der Waals surface area contributed by atoms with E-state index in [4.69, 9.17) is 5.11 Å². The first kappa shape index (κ1) is 19.2. The van der Waals surface area contributed by atoms with E-state index in [-0.39, 0.29) is 19.2 Å². The quantitative estimate of drug-likeness (QED) is 0.461. The highest BCUT2D eigenvalue weighted by molar-refractivity contribution is 6.35. The molecule has 7 heteroatoms. The number of hydrogen-bond donors (Lipinski definition) is 4. The summed E-state index contributed by atoms with van der Waals surface area (Å²) in [6.07, 6.45) is 2.37. The first-order valence-corrected chi connectivity index (χ1v) is 8.81. The summed E-state index contributed by atoms with van der Waals surface area (Å²) in [5, 5.41) is 13.8. The summed E-state index contributed by atoms with van der Waals surface area (Å²) in [6.45, 7) is 2.47. The van der Waals surface area contributed by atoms with Crippen molar-refractivity contribution in [1.29, 1.82) is 0 Å². The van der Waals surface area contributed by atoms with Crippen LogP contribution in [0.3, 0.4) is 0 Å². The number of anilines is 1. The van der Waals surface area contributed by atoms with Crippen LogP contribution in [0.1, 0.15) is 24.4 Å². The van der Waals surface area contributed by atoms with Crippen molar-refractivity contribution in [2.45, 2.75) is 18.9 Å². The second kappa shape index (κ2) is 9.39. The molecule has 1 heterocycles. The molecule has 2 rings (SSSR count). The van der Waals surface area contributed by atoms with Crippen molar-refractivity contribution in [2.75, 3.05) is 51.8 Å². The molecule has 0 radical (unpaired) electrons. The number of nitrogens with zero attached hydrogens (tertiary/aromatic N) is 1. The van der Waals surface area contributed by atoms with Gasteiger partial charge in [-0.1, -0.05) is 12.1 Å². The molecule has 1 saturated heterocycles. The standard InChI is InChI=1S/C18H28N4O3/c1-21(2)15-7-5-14(6-8-15)16(22-10-3-4-11-22)13-20-18(25)17(24)19-9-12-23/h5-8,16,23H,3-4,9-13H2,1-2H3,(H,19,24)(H,20,25)/p+1/t16-/m1/s1. The number of quaternary nitrogens is 1. The molecule has 1 fully saturated rings. The Bertz CT molecular complexity index is 568. The SMILES string of the molecule is CN(C)c1ccc([C@@H](CNC(=O)C(=O)NCCO)[NH+]2CCCC2)cc1. The molecule has 4 N–H and O–H groups in total. The molecule has 1 atom stereocenters. The lowest BCUT2D eigenvalue weighted by Gasteiger charge is -2.25. The zero-order valence-electron chi connectivity index (χ0n) is 15.0. The highest BCUT2D eigenvalue weighted by Crippen LogP contribution is 2.17. The maximum absolute atomic E-state index is 11.9. The summed E-state index contributed by atoms with van der Waals surface area (Å²) >= 11 is 0. The number of rotatable bonds is 7. The van der Waals surface area contributed by atoms with Gasteiger partial charge in [-0.15, -0.1) is 0 Å². The monoisotopic (exact) mass is 349 g/mol. The van der Waals surface area contributed by atoms with Gasteiger partial charge in [0, 0.05) is 44.7 Å². The lowest BCUT2D eigenvalue weighted by molar-refractivity contribution is -0.918. The second-order valence-corrected chi connectivity index (χ2v) is 6.59. The zero-order chi connectivity index (χ0) is 18.2. The van der Waals surface area contributed by atoms with Gasteiger partial charge in [0.15, 0.2) is 0 Å². The van der Waals surface area contributed by atoms with Crippen molar-refractivity contribution in [3.8, 4) is 0 Å². The predicted octanol–water partition coefficient (Wildman–Crippen LogP) is -1.30. The van der Waals surface area contributed by atoms with Gasteiger partial charge in [0.1, 0.15) is 6.04 Å². The van der Waals surface area contributed by atoms with Gasteiger partial charge in [-0.25, -0.2) is 0 Å². The van der Waals surface area contributed by atoms with Gasteiger partial charge in [-0.2, -0.15) is 0 Å². The van der Waals surface area contributed by atoms with Crippen LogP contribution in [0.4, 0.5) is 5.69 Å². The molecule has 1 aromatic carbocycles. The maximum Gasteiger partial charge on any atom is 0.309 e. The highest BCUT2D eigenvalue weighted by Gasteiger charge is 2.28. The number of aliphatic hydroxyl groups excluding tert-OH is 1. The van der Waals surface area contributed by atoms with E-state index in [1.165, 1.54) is 23.3 Å². The van der Waals surface area contributed by atoms with Crippen LogP contribution in [0.2, 0.25) is 0 Å². The molecule has 0 saturated carbocycles.